The molecule has 0 spiro atoms. The van der Waals surface area contributed by atoms with Gasteiger partial charge in [0.2, 0.25) is 0 Å². The van der Waals surface area contributed by atoms with Crippen LogP contribution in [0.4, 0.5) is 0 Å². The summed E-state index contributed by atoms with van der Waals surface area (Å²) >= 11 is 5.66. The van der Waals surface area contributed by atoms with Crippen molar-refractivity contribution in [3.8, 4) is 5.75 Å². The van der Waals surface area contributed by atoms with Gasteiger partial charge in [-0.15, -0.1) is 11.3 Å². The van der Waals surface area contributed by atoms with E-state index in [0.29, 0.717) is 5.75 Å². The molecule has 3 heteroatoms. The van der Waals surface area contributed by atoms with Gasteiger partial charge in [-0.2, -0.15) is 0 Å². The molecule has 23 heavy (non-hydrogen) atoms. The molecule has 3 aromatic rings. The first-order chi connectivity index (χ1) is 11.1. The van der Waals surface area contributed by atoms with Crippen molar-refractivity contribution >= 4 is 47.4 Å². The molecule has 0 fully saturated rings. The molecule has 0 saturated heterocycles. The molecule has 1 heterocycles. The van der Waals surface area contributed by atoms with E-state index in [2.05, 4.69) is 55.8 Å². The van der Waals surface area contributed by atoms with E-state index in [4.69, 9.17) is 0 Å². The Bertz CT molecular complexity index is 820. The number of hydrogen-bond donors (Lipinski definition) is 1. The van der Waals surface area contributed by atoms with Crippen LogP contribution in [0.15, 0.2) is 16.6 Å². The Morgan fingerprint density at radius 3 is 1.87 bits per heavy atom. The second kappa shape index (κ2) is 6.45. The maximum atomic E-state index is 10.6. The van der Waals surface area contributed by atoms with Gasteiger partial charge in [-0.25, -0.2) is 0 Å². The fourth-order valence-electron chi connectivity index (χ4n) is 3.44. The minimum atomic E-state index is 0.502. The van der Waals surface area contributed by atoms with Crippen molar-refractivity contribution in [1.82, 2.24) is 0 Å². The van der Waals surface area contributed by atoms with Gasteiger partial charge in [0.05, 0.1) is 0 Å². The summed E-state index contributed by atoms with van der Waals surface area (Å²) in [6.45, 7) is 8.67. The zero-order valence-corrected chi connectivity index (χ0v) is 16.6. The Balaban J connectivity index is 2.53. The molecule has 0 atom stereocenters. The normalized spacial score (nSPS) is 11.7. The van der Waals surface area contributed by atoms with Gasteiger partial charge in [0.1, 0.15) is 5.75 Å². The lowest BCUT2D eigenvalue weighted by Crippen LogP contribution is -1.91. The molecule has 1 nitrogen and oxygen atoms in total. The minimum Gasteiger partial charge on any atom is -0.507 e. The Morgan fingerprint density at radius 1 is 0.826 bits per heavy atom. The van der Waals surface area contributed by atoms with E-state index in [9.17, 15) is 5.11 Å². The van der Waals surface area contributed by atoms with Crippen molar-refractivity contribution in [2.75, 3.05) is 0 Å². The zero-order chi connectivity index (χ0) is 16.7. The number of benzene rings is 2. The van der Waals surface area contributed by atoms with Crippen molar-refractivity contribution < 1.29 is 5.11 Å². The van der Waals surface area contributed by atoms with Gasteiger partial charge in [0.25, 0.3) is 0 Å². The molecule has 0 bridgehead atoms. The van der Waals surface area contributed by atoms with Gasteiger partial charge < -0.3 is 5.11 Å². The molecule has 0 unspecified atom stereocenters. The van der Waals surface area contributed by atoms with Crippen molar-refractivity contribution in [2.45, 2.75) is 53.4 Å². The molecule has 2 aromatic carbocycles. The third-order valence-electron chi connectivity index (χ3n) is 4.77. The van der Waals surface area contributed by atoms with Crippen LogP contribution in [-0.4, -0.2) is 5.11 Å². The van der Waals surface area contributed by atoms with Crippen molar-refractivity contribution in [3.63, 3.8) is 0 Å². The highest BCUT2D eigenvalue weighted by Crippen LogP contribution is 2.45. The minimum absolute atomic E-state index is 0.502. The third kappa shape index (κ3) is 2.49. The maximum Gasteiger partial charge on any atom is 0.123 e. The number of halogens is 1. The van der Waals surface area contributed by atoms with Crippen LogP contribution in [0.3, 0.4) is 0 Å². The number of hydrogen-bond acceptors (Lipinski definition) is 2. The number of phenolic OH excluding ortho intramolecular Hbond substituents is 1. The molecule has 0 saturated carbocycles. The van der Waals surface area contributed by atoms with E-state index in [1.165, 1.54) is 35.8 Å². The lowest BCUT2D eigenvalue weighted by atomic mass is 9.97. The second-order valence-corrected chi connectivity index (χ2v) is 7.77. The quantitative estimate of drug-likeness (QED) is 0.520. The Hall–Kier alpha value is -1.06. The molecule has 0 amide bonds. The number of fused-ring (bicyclic) bond motifs is 3. The first-order valence-electron chi connectivity index (χ1n) is 8.47. The van der Waals surface area contributed by atoms with Crippen LogP contribution in [0.1, 0.15) is 49.9 Å². The van der Waals surface area contributed by atoms with Crippen LogP contribution >= 0.6 is 27.3 Å². The molecular formula is C20H23BrOS. The topological polar surface area (TPSA) is 20.2 Å². The van der Waals surface area contributed by atoms with Crippen LogP contribution in [0.5, 0.6) is 5.75 Å². The fourth-order valence-corrected chi connectivity index (χ4v) is 5.94. The SMILES string of the molecule is CCc1cc2c(sc3c(CC)c(Br)c(CC)cc32)c(CC)c1O. The molecule has 0 radical (unpaired) electrons. The number of aryl methyl sites for hydroxylation is 4. The van der Waals surface area contributed by atoms with E-state index >= 15 is 0 Å². The molecule has 122 valence electrons. The van der Waals surface area contributed by atoms with E-state index in [1.807, 2.05) is 11.3 Å². The van der Waals surface area contributed by atoms with Crippen molar-refractivity contribution in [2.24, 2.45) is 0 Å². The summed E-state index contributed by atoms with van der Waals surface area (Å²) in [5, 5.41) is 13.3. The fraction of sp³-hybridized carbons (Fsp3) is 0.400. The summed E-state index contributed by atoms with van der Waals surface area (Å²) in [5.74, 6) is 0.502. The molecule has 3 rings (SSSR count). The molecule has 1 aromatic heterocycles. The monoisotopic (exact) mass is 390 g/mol. The van der Waals surface area contributed by atoms with Gasteiger partial charge in [-0.05, 0) is 54.5 Å². The average molecular weight is 391 g/mol. The van der Waals surface area contributed by atoms with Crippen LogP contribution in [-0.2, 0) is 25.7 Å². The summed E-state index contributed by atoms with van der Waals surface area (Å²) in [4.78, 5) is 0. The van der Waals surface area contributed by atoms with Gasteiger partial charge in [-0.3, -0.25) is 0 Å². The molecule has 0 aliphatic rings. The predicted molar refractivity (Wildman–Crippen MR) is 106 cm³/mol. The largest absolute Gasteiger partial charge is 0.507 e. The van der Waals surface area contributed by atoms with Gasteiger partial charge in [0, 0.05) is 30.2 Å². The number of aromatic hydroxyl groups is 1. The zero-order valence-electron chi connectivity index (χ0n) is 14.2. The highest BCUT2D eigenvalue weighted by molar-refractivity contribution is 9.10. The van der Waals surface area contributed by atoms with Crippen molar-refractivity contribution in [3.05, 3.63) is 38.9 Å². The smallest absolute Gasteiger partial charge is 0.123 e. The first-order valence-corrected chi connectivity index (χ1v) is 10.1. The summed E-state index contributed by atoms with van der Waals surface area (Å²) in [7, 11) is 0. The van der Waals surface area contributed by atoms with E-state index < -0.39 is 0 Å². The number of phenols is 1. The van der Waals surface area contributed by atoms with Crippen LogP contribution < -0.4 is 0 Å². The molecule has 0 aliphatic carbocycles. The van der Waals surface area contributed by atoms with Crippen LogP contribution in [0.25, 0.3) is 20.2 Å². The highest BCUT2D eigenvalue weighted by atomic mass is 79.9. The van der Waals surface area contributed by atoms with Crippen molar-refractivity contribution in [1.29, 1.82) is 0 Å². The van der Waals surface area contributed by atoms with Gasteiger partial charge in [-0.1, -0.05) is 43.6 Å². The lowest BCUT2D eigenvalue weighted by Gasteiger charge is -2.10. The lowest BCUT2D eigenvalue weighted by molar-refractivity contribution is 0.464. The highest BCUT2D eigenvalue weighted by Gasteiger charge is 2.18. The van der Waals surface area contributed by atoms with E-state index in [-0.39, 0.29) is 0 Å². The van der Waals surface area contributed by atoms with E-state index in [1.54, 1.807) is 0 Å². The standard InChI is InChI=1S/C20H23BrOS/c1-5-11-9-15-16-10-12(6-2)18(22)14(8-4)20(16)23-19(15)13(7-3)17(11)21/h9-10,22H,5-8H2,1-4H3. The van der Waals surface area contributed by atoms with Crippen LogP contribution in [0, 0.1) is 0 Å². The average Bonchev–Trinajstić information content (AvgIpc) is 2.91. The number of thiophene rings is 1. The Labute approximate surface area is 150 Å². The molecular weight excluding hydrogens is 368 g/mol. The summed E-state index contributed by atoms with van der Waals surface area (Å²) in [6.07, 6.45) is 3.78. The second-order valence-electron chi connectivity index (χ2n) is 5.96. The summed E-state index contributed by atoms with van der Waals surface area (Å²) in [5.41, 5.74) is 4.95. The van der Waals surface area contributed by atoms with Gasteiger partial charge in [0.15, 0.2) is 0 Å². The Kier molecular flexibility index (Phi) is 4.70. The predicted octanol–water partition coefficient (Wildman–Crippen LogP) is 6.77. The Morgan fingerprint density at radius 2 is 1.35 bits per heavy atom. The van der Waals surface area contributed by atoms with Crippen LogP contribution in [0.2, 0.25) is 0 Å². The third-order valence-corrected chi connectivity index (χ3v) is 7.10. The van der Waals surface area contributed by atoms with E-state index in [0.717, 1.165) is 36.8 Å². The molecule has 1 N–H and O–H groups in total. The summed E-state index contributed by atoms with van der Waals surface area (Å²) in [6, 6.07) is 4.54. The van der Waals surface area contributed by atoms with Gasteiger partial charge >= 0.3 is 0 Å². The first kappa shape index (κ1) is 16.8. The molecule has 0 aliphatic heterocycles. The number of rotatable bonds is 4. The summed E-state index contributed by atoms with van der Waals surface area (Å²) < 4.78 is 3.89. The maximum absolute atomic E-state index is 10.6.